The van der Waals surface area contributed by atoms with Crippen LogP contribution in [0.2, 0.25) is 0 Å². The largest absolute Gasteiger partial charge is 0.445 e. The summed E-state index contributed by atoms with van der Waals surface area (Å²) in [5.41, 5.74) is 11.7. The van der Waals surface area contributed by atoms with Crippen LogP contribution >= 0.6 is 0 Å². The van der Waals surface area contributed by atoms with Crippen LogP contribution in [0.15, 0.2) is 91.1 Å². The van der Waals surface area contributed by atoms with Crippen molar-refractivity contribution in [1.82, 2.24) is 14.9 Å². The second-order valence-corrected chi connectivity index (χ2v) is 10.2. The number of piperazine rings is 1. The Morgan fingerprint density at radius 1 is 0.780 bits per heavy atom. The summed E-state index contributed by atoms with van der Waals surface area (Å²) in [6.07, 6.45) is 3.99. The Bertz CT molecular complexity index is 1450. The summed E-state index contributed by atoms with van der Waals surface area (Å²) < 4.78 is 5.49. The standard InChI is InChI=1S/C33H35N5O3/c34-31(39)23-28-9-5-4-8-27(28)12-13-29-16-17-35-32(36-29)22-25-10-14-30(15-11-25)37-18-20-38(21-19-37)33(40)41-24-26-6-2-1-3-7-26/h1-11,14-17H,12-13,18-24H2,(H2,34,39). The molecule has 0 saturated carbocycles. The maximum absolute atomic E-state index is 12.5. The number of nitrogens with two attached hydrogens (primary N) is 1. The average Bonchev–Trinajstić information content (AvgIpc) is 3.00. The highest BCUT2D eigenvalue weighted by atomic mass is 16.6. The second kappa shape index (κ2) is 13.6. The van der Waals surface area contributed by atoms with E-state index >= 15 is 0 Å². The topological polar surface area (TPSA) is 102 Å². The van der Waals surface area contributed by atoms with Crippen LogP contribution in [0, 0.1) is 0 Å². The van der Waals surface area contributed by atoms with E-state index in [9.17, 15) is 9.59 Å². The fraction of sp³-hybridized carbons (Fsp3) is 0.273. The first-order chi connectivity index (χ1) is 20.0. The lowest BCUT2D eigenvalue weighted by Gasteiger charge is -2.35. The summed E-state index contributed by atoms with van der Waals surface area (Å²) >= 11 is 0. The molecule has 4 aromatic rings. The number of primary amides is 1. The average molecular weight is 550 g/mol. The Balaban J connectivity index is 1.10. The van der Waals surface area contributed by atoms with Crippen LogP contribution in [0.3, 0.4) is 0 Å². The zero-order valence-electron chi connectivity index (χ0n) is 23.1. The Morgan fingerprint density at radius 2 is 1.49 bits per heavy atom. The van der Waals surface area contributed by atoms with Gasteiger partial charge in [-0.05, 0) is 53.3 Å². The first-order valence-corrected chi connectivity index (χ1v) is 14.0. The maximum Gasteiger partial charge on any atom is 0.410 e. The third-order valence-electron chi connectivity index (χ3n) is 7.30. The molecule has 1 aliphatic heterocycles. The number of rotatable bonds is 10. The molecule has 2 heterocycles. The van der Waals surface area contributed by atoms with E-state index in [1.807, 2.05) is 66.9 Å². The first kappa shape index (κ1) is 27.8. The molecule has 0 unspecified atom stereocenters. The first-order valence-electron chi connectivity index (χ1n) is 14.0. The van der Waals surface area contributed by atoms with Gasteiger partial charge in [-0.1, -0.05) is 66.7 Å². The normalized spacial score (nSPS) is 13.2. The maximum atomic E-state index is 12.5. The van der Waals surface area contributed by atoms with Crippen molar-refractivity contribution < 1.29 is 14.3 Å². The zero-order valence-corrected chi connectivity index (χ0v) is 23.1. The molecule has 0 spiro atoms. The zero-order chi connectivity index (χ0) is 28.4. The van der Waals surface area contributed by atoms with E-state index in [0.717, 1.165) is 65.4 Å². The molecule has 1 fully saturated rings. The molecule has 8 heteroatoms. The molecule has 2 N–H and O–H groups in total. The molecule has 1 saturated heterocycles. The van der Waals surface area contributed by atoms with E-state index in [0.29, 0.717) is 26.1 Å². The minimum atomic E-state index is -0.325. The molecule has 1 aliphatic rings. The number of amides is 2. The van der Waals surface area contributed by atoms with Gasteiger partial charge in [-0.15, -0.1) is 0 Å². The fourth-order valence-electron chi connectivity index (χ4n) is 5.05. The molecule has 3 aromatic carbocycles. The Morgan fingerprint density at radius 3 is 2.22 bits per heavy atom. The van der Waals surface area contributed by atoms with E-state index < -0.39 is 0 Å². The number of carbonyl (C=O) groups excluding carboxylic acids is 2. The molecule has 0 atom stereocenters. The number of hydrogen-bond acceptors (Lipinski definition) is 6. The molecule has 2 amide bonds. The minimum absolute atomic E-state index is 0.248. The van der Waals surface area contributed by atoms with Gasteiger partial charge in [0.1, 0.15) is 12.4 Å². The monoisotopic (exact) mass is 549 g/mol. The quantitative estimate of drug-likeness (QED) is 0.316. The third kappa shape index (κ3) is 7.91. The number of aromatic nitrogens is 2. The predicted octanol–water partition coefficient (Wildman–Crippen LogP) is 4.34. The van der Waals surface area contributed by atoms with Gasteiger partial charge in [-0.2, -0.15) is 0 Å². The molecule has 210 valence electrons. The molecule has 0 radical (unpaired) electrons. The van der Waals surface area contributed by atoms with Gasteiger partial charge in [-0.25, -0.2) is 14.8 Å². The summed E-state index contributed by atoms with van der Waals surface area (Å²) in [5, 5.41) is 0. The van der Waals surface area contributed by atoms with Gasteiger partial charge in [0.15, 0.2) is 0 Å². The summed E-state index contributed by atoms with van der Waals surface area (Å²) in [7, 11) is 0. The van der Waals surface area contributed by atoms with Crippen LogP contribution in [-0.2, 0) is 41.8 Å². The number of ether oxygens (including phenoxy) is 1. The third-order valence-corrected chi connectivity index (χ3v) is 7.30. The molecule has 1 aromatic heterocycles. The number of nitrogens with zero attached hydrogens (tertiary/aromatic N) is 4. The van der Waals surface area contributed by atoms with Crippen molar-refractivity contribution in [1.29, 1.82) is 0 Å². The van der Waals surface area contributed by atoms with Crippen molar-refractivity contribution in [2.75, 3.05) is 31.1 Å². The van der Waals surface area contributed by atoms with Crippen LogP contribution in [-0.4, -0.2) is 53.0 Å². The van der Waals surface area contributed by atoms with Gasteiger partial charge >= 0.3 is 6.09 Å². The number of benzene rings is 3. The van der Waals surface area contributed by atoms with Crippen LogP contribution < -0.4 is 10.6 Å². The van der Waals surface area contributed by atoms with Crippen molar-refractivity contribution in [2.45, 2.75) is 32.3 Å². The molecular weight excluding hydrogens is 514 g/mol. The molecule has 0 bridgehead atoms. The predicted molar refractivity (Wildman–Crippen MR) is 158 cm³/mol. The van der Waals surface area contributed by atoms with Crippen LogP contribution in [0.5, 0.6) is 0 Å². The Labute approximate surface area is 240 Å². The van der Waals surface area contributed by atoms with Gasteiger partial charge in [-0.3, -0.25) is 4.79 Å². The van der Waals surface area contributed by atoms with Gasteiger partial charge in [0.05, 0.1) is 6.42 Å². The van der Waals surface area contributed by atoms with Gasteiger partial charge in [0.25, 0.3) is 0 Å². The van der Waals surface area contributed by atoms with Crippen molar-refractivity contribution in [3.05, 3.63) is 125 Å². The summed E-state index contributed by atoms with van der Waals surface area (Å²) in [6.45, 7) is 3.06. The van der Waals surface area contributed by atoms with Crippen LogP contribution in [0.4, 0.5) is 10.5 Å². The van der Waals surface area contributed by atoms with Crippen molar-refractivity contribution in [3.63, 3.8) is 0 Å². The number of aryl methyl sites for hydroxylation is 2. The highest BCUT2D eigenvalue weighted by molar-refractivity contribution is 5.77. The highest BCUT2D eigenvalue weighted by Crippen LogP contribution is 2.19. The summed E-state index contributed by atoms with van der Waals surface area (Å²) in [5.74, 6) is 0.456. The number of carbonyl (C=O) groups is 2. The lowest BCUT2D eigenvalue weighted by molar-refractivity contribution is -0.117. The van der Waals surface area contributed by atoms with Crippen molar-refractivity contribution in [2.24, 2.45) is 5.73 Å². The summed E-state index contributed by atoms with van der Waals surface area (Å²) in [6, 6.07) is 28.1. The van der Waals surface area contributed by atoms with Crippen molar-refractivity contribution >= 4 is 17.7 Å². The fourth-order valence-corrected chi connectivity index (χ4v) is 5.05. The minimum Gasteiger partial charge on any atom is -0.445 e. The van der Waals surface area contributed by atoms with E-state index in [-0.39, 0.29) is 18.4 Å². The van der Waals surface area contributed by atoms with E-state index in [1.165, 1.54) is 0 Å². The second-order valence-electron chi connectivity index (χ2n) is 10.2. The number of anilines is 1. The highest BCUT2D eigenvalue weighted by Gasteiger charge is 2.22. The Hall–Kier alpha value is -4.72. The van der Waals surface area contributed by atoms with Gasteiger partial charge < -0.3 is 20.3 Å². The summed E-state index contributed by atoms with van der Waals surface area (Å²) in [4.78, 5) is 37.2. The molecule has 41 heavy (non-hydrogen) atoms. The number of hydrogen-bond donors (Lipinski definition) is 1. The molecule has 5 rings (SSSR count). The van der Waals surface area contributed by atoms with Gasteiger partial charge in [0.2, 0.25) is 5.91 Å². The van der Waals surface area contributed by atoms with Crippen molar-refractivity contribution in [3.8, 4) is 0 Å². The smallest absolute Gasteiger partial charge is 0.410 e. The van der Waals surface area contributed by atoms with Crippen LogP contribution in [0.25, 0.3) is 0 Å². The van der Waals surface area contributed by atoms with E-state index in [1.54, 1.807) is 4.90 Å². The lowest BCUT2D eigenvalue weighted by atomic mass is 9.99. The van der Waals surface area contributed by atoms with Gasteiger partial charge in [0, 0.05) is 50.2 Å². The van der Waals surface area contributed by atoms with E-state index in [2.05, 4.69) is 34.1 Å². The Kier molecular flexibility index (Phi) is 9.21. The molecule has 0 aliphatic carbocycles. The molecule has 8 nitrogen and oxygen atoms in total. The lowest BCUT2D eigenvalue weighted by Crippen LogP contribution is -2.48. The van der Waals surface area contributed by atoms with E-state index in [4.69, 9.17) is 15.5 Å². The SMILES string of the molecule is NC(=O)Cc1ccccc1CCc1ccnc(Cc2ccc(N3CCN(C(=O)OCc4ccccc4)CC3)cc2)n1. The van der Waals surface area contributed by atoms with Crippen LogP contribution in [0.1, 0.15) is 33.8 Å². The molecular formula is C33H35N5O3.